The molecule has 25 heavy (non-hydrogen) atoms. The Hall–Kier alpha value is -1.93. The predicted octanol–water partition coefficient (Wildman–Crippen LogP) is 3.80. The van der Waals surface area contributed by atoms with Crippen LogP contribution in [0.1, 0.15) is 23.4 Å². The SMILES string of the molecule is CSc1nc2nc(C)c(CCC(=O)Nc3cccc(Br)c3)c(C)n2n1. The highest BCUT2D eigenvalue weighted by Gasteiger charge is 2.14. The van der Waals surface area contributed by atoms with Crippen molar-refractivity contribution in [2.24, 2.45) is 0 Å². The fraction of sp³-hybridized carbons (Fsp3) is 0.294. The Morgan fingerprint density at radius 3 is 2.84 bits per heavy atom. The zero-order valence-corrected chi connectivity index (χ0v) is 16.6. The van der Waals surface area contributed by atoms with Crippen LogP contribution in [0.25, 0.3) is 5.78 Å². The number of carbonyl (C=O) groups is 1. The van der Waals surface area contributed by atoms with Crippen molar-refractivity contribution in [3.63, 3.8) is 0 Å². The summed E-state index contributed by atoms with van der Waals surface area (Å²) in [5, 5.41) is 8.05. The number of aryl methyl sites for hydroxylation is 2. The largest absolute Gasteiger partial charge is 0.326 e. The molecular weight excluding hydrogens is 402 g/mol. The van der Waals surface area contributed by atoms with Gasteiger partial charge in [0, 0.05) is 28.0 Å². The van der Waals surface area contributed by atoms with Crippen molar-refractivity contribution >= 4 is 45.1 Å². The van der Waals surface area contributed by atoms with Gasteiger partial charge in [-0.2, -0.15) is 4.98 Å². The topological polar surface area (TPSA) is 72.2 Å². The average Bonchev–Trinajstić information content (AvgIpc) is 2.98. The standard InChI is InChI=1S/C17H18BrN5OS/c1-10-14(11(2)23-16(19-10)21-17(22-23)25-3)7-8-15(24)20-13-6-4-5-12(18)9-13/h4-6,9H,7-8H2,1-3H3,(H,20,24). The Kier molecular flexibility index (Phi) is 5.39. The minimum atomic E-state index is -0.0274. The Balaban J connectivity index is 1.75. The molecule has 6 nitrogen and oxygen atoms in total. The van der Waals surface area contributed by atoms with Crippen LogP contribution < -0.4 is 5.32 Å². The fourth-order valence-corrected chi connectivity index (χ4v) is 3.40. The lowest BCUT2D eigenvalue weighted by Gasteiger charge is -2.10. The Labute approximate surface area is 158 Å². The second-order valence-electron chi connectivity index (χ2n) is 5.63. The third-order valence-electron chi connectivity index (χ3n) is 3.92. The number of thioether (sulfide) groups is 1. The number of hydrogen-bond acceptors (Lipinski definition) is 5. The van der Waals surface area contributed by atoms with Gasteiger partial charge in [-0.05, 0) is 50.3 Å². The van der Waals surface area contributed by atoms with Crippen LogP contribution in [0.4, 0.5) is 5.69 Å². The molecule has 3 rings (SSSR count). The number of hydrogen-bond donors (Lipinski definition) is 1. The molecule has 0 spiro atoms. The van der Waals surface area contributed by atoms with Crippen LogP contribution in [0, 0.1) is 13.8 Å². The molecule has 0 unspecified atom stereocenters. The molecule has 2 heterocycles. The summed E-state index contributed by atoms with van der Waals surface area (Å²) in [4.78, 5) is 21.1. The molecule has 1 amide bonds. The Morgan fingerprint density at radius 1 is 1.32 bits per heavy atom. The van der Waals surface area contributed by atoms with Crippen LogP contribution >= 0.6 is 27.7 Å². The lowest BCUT2D eigenvalue weighted by molar-refractivity contribution is -0.116. The molecule has 2 aromatic heterocycles. The van der Waals surface area contributed by atoms with Gasteiger partial charge in [-0.15, -0.1) is 5.10 Å². The van der Waals surface area contributed by atoms with Gasteiger partial charge in [-0.1, -0.05) is 33.8 Å². The fourth-order valence-electron chi connectivity index (χ4n) is 2.67. The molecule has 8 heteroatoms. The van der Waals surface area contributed by atoms with Crippen molar-refractivity contribution in [2.75, 3.05) is 11.6 Å². The molecule has 1 N–H and O–H groups in total. The highest BCUT2D eigenvalue weighted by Crippen LogP contribution is 2.19. The molecule has 0 radical (unpaired) electrons. The van der Waals surface area contributed by atoms with Crippen molar-refractivity contribution in [3.8, 4) is 0 Å². The van der Waals surface area contributed by atoms with E-state index in [4.69, 9.17) is 0 Å². The summed E-state index contributed by atoms with van der Waals surface area (Å²) in [6.07, 6.45) is 2.92. The number of amides is 1. The van der Waals surface area contributed by atoms with Gasteiger partial charge < -0.3 is 5.32 Å². The molecular formula is C17H18BrN5OS. The first-order valence-corrected chi connectivity index (χ1v) is 9.82. The maximum absolute atomic E-state index is 12.2. The Morgan fingerprint density at radius 2 is 2.12 bits per heavy atom. The van der Waals surface area contributed by atoms with Crippen LogP contribution in [0.3, 0.4) is 0 Å². The van der Waals surface area contributed by atoms with Gasteiger partial charge in [0.2, 0.25) is 11.1 Å². The van der Waals surface area contributed by atoms with Gasteiger partial charge in [-0.3, -0.25) is 4.79 Å². The molecule has 1 aromatic carbocycles. The minimum Gasteiger partial charge on any atom is -0.326 e. The van der Waals surface area contributed by atoms with E-state index in [1.54, 1.807) is 4.52 Å². The number of nitrogens with one attached hydrogen (secondary N) is 1. The molecule has 130 valence electrons. The molecule has 3 aromatic rings. The number of aromatic nitrogens is 4. The van der Waals surface area contributed by atoms with Gasteiger partial charge in [0.1, 0.15) is 0 Å². The summed E-state index contributed by atoms with van der Waals surface area (Å²) in [5.41, 5.74) is 3.68. The second kappa shape index (κ2) is 7.53. The van der Waals surface area contributed by atoms with E-state index >= 15 is 0 Å². The predicted molar refractivity (Wildman–Crippen MR) is 103 cm³/mol. The van der Waals surface area contributed by atoms with Gasteiger partial charge in [-0.25, -0.2) is 9.50 Å². The quantitative estimate of drug-likeness (QED) is 0.636. The summed E-state index contributed by atoms with van der Waals surface area (Å²) >= 11 is 4.89. The zero-order valence-electron chi connectivity index (χ0n) is 14.2. The third-order valence-corrected chi connectivity index (χ3v) is 4.95. The maximum Gasteiger partial charge on any atom is 0.253 e. The zero-order chi connectivity index (χ0) is 18.0. The normalized spacial score (nSPS) is 11.0. The van der Waals surface area contributed by atoms with Crippen molar-refractivity contribution in [2.45, 2.75) is 31.8 Å². The van der Waals surface area contributed by atoms with E-state index in [-0.39, 0.29) is 5.91 Å². The van der Waals surface area contributed by atoms with Crippen molar-refractivity contribution in [3.05, 3.63) is 45.7 Å². The molecule has 0 aliphatic heterocycles. The van der Waals surface area contributed by atoms with Gasteiger partial charge in [0.25, 0.3) is 5.78 Å². The van der Waals surface area contributed by atoms with Crippen LogP contribution in [-0.4, -0.2) is 31.7 Å². The van der Waals surface area contributed by atoms with Gasteiger partial charge >= 0.3 is 0 Å². The molecule has 0 bridgehead atoms. The van der Waals surface area contributed by atoms with E-state index in [2.05, 4.69) is 36.3 Å². The number of fused-ring (bicyclic) bond motifs is 1. The maximum atomic E-state index is 12.2. The number of benzene rings is 1. The molecule has 0 atom stereocenters. The van der Waals surface area contributed by atoms with Gasteiger partial charge in [0.05, 0.1) is 0 Å². The number of halogens is 1. The van der Waals surface area contributed by atoms with Crippen LogP contribution in [0.15, 0.2) is 33.9 Å². The lowest BCUT2D eigenvalue weighted by Crippen LogP contribution is -2.14. The van der Waals surface area contributed by atoms with Crippen LogP contribution in [0.2, 0.25) is 0 Å². The highest BCUT2D eigenvalue weighted by atomic mass is 79.9. The number of nitrogens with zero attached hydrogens (tertiary/aromatic N) is 4. The first kappa shape index (κ1) is 17.9. The summed E-state index contributed by atoms with van der Waals surface area (Å²) in [6, 6.07) is 7.55. The summed E-state index contributed by atoms with van der Waals surface area (Å²) in [6.45, 7) is 3.93. The monoisotopic (exact) mass is 419 g/mol. The number of anilines is 1. The Bertz CT molecular complexity index is 940. The summed E-state index contributed by atoms with van der Waals surface area (Å²) in [5.74, 6) is 0.571. The van der Waals surface area contributed by atoms with Crippen molar-refractivity contribution in [1.82, 2.24) is 19.6 Å². The average molecular weight is 420 g/mol. The summed E-state index contributed by atoms with van der Waals surface area (Å²) in [7, 11) is 0. The molecule has 0 aliphatic carbocycles. The highest BCUT2D eigenvalue weighted by molar-refractivity contribution is 9.10. The van der Waals surface area contributed by atoms with E-state index < -0.39 is 0 Å². The third kappa shape index (κ3) is 4.01. The molecule has 0 aliphatic rings. The van der Waals surface area contributed by atoms with Crippen LogP contribution in [-0.2, 0) is 11.2 Å². The van der Waals surface area contributed by atoms with E-state index in [9.17, 15) is 4.79 Å². The number of carbonyl (C=O) groups excluding carboxylic acids is 1. The minimum absolute atomic E-state index is 0.0274. The smallest absolute Gasteiger partial charge is 0.253 e. The van der Waals surface area contributed by atoms with E-state index in [1.165, 1.54) is 11.8 Å². The first-order valence-electron chi connectivity index (χ1n) is 7.80. The summed E-state index contributed by atoms with van der Waals surface area (Å²) < 4.78 is 2.68. The van der Waals surface area contributed by atoms with E-state index in [0.717, 1.165) is 27.1 Å². The van der Waals surface area contributed by atoms with Gasteiger partial charge in [0.15, 0.2) is 0 Å². The number of rotatable bonds is 5. The van der Waals surface area contributed by atoms with Crippen LogP contribution in [0.5, 0.6) is 0 Å². The molecule has 0 saturated carbocycles. The van der Waals surface area contributed by atoms with E-state index in [1.807, 2.05) is 44.4 Å². The van der Waals surface area contributed by atoms with Crippen molar-refractivity contribution in [1.29, 1.82) is 0 Å². The lowest BCUT2D eigenvalue weighted by atomic mass is 10.1. The first-order chi connectivity index (χ1) is 12.0. The van der Waals surface area contributed by atoms with E-state index in [0.29, 0.717) is 23.8 Å². The molecule has 0 fully saturated rings. The molecule has 0 saturated heterocycles. The second-order valence-corrected chi connectivity index (χ2v) is 7.32. The van der Waals surface area contributed by atoms with Crippen molar-refractivity contribution < 1.29 is 4.79 Å².